The van der Waals surface area contributed by atoms with Crippen molar-refractivity contribution >= 4 is 5.91 Å². The van der Waals surface area contributed by atoms with Gasteiger partial charge in [-0.3, -0.25) is 4.79 Å². The number of nitrogens with two attached hydrogens (primary N) is 1. The first-order valence-electron chi connectivity index (χ1n) is 5.85. The molecule has 0 aromatic heterocycles. The normalized spacial score (nSPS) is 20.9. The second-order valence-corrected chi connectivity index (χ2v) is 5.90. The molecule has 0 spiro atoms. The molecule has 88 valence electrons. The zero-order valence-electron chi connectivity index (χ0n) is 10.3. The molecule has 1 aliphatic rings. The van der Waals surface area contributed by atoms with E-state index in [0.717, 1.165) is 12.5 Å². The fourth-order valence-electron chi connectivity index (χ4n) is 1.60. The molecule has 2 atom stereocenters. The Balaban J connectivity index is 2.28. The summed E-state index contributed by atoms with van der Waals surface area (Å²) in [7, 11) is 0. The van der Waals surface area contributed by atoms with Crippen LogP contribution in [-0.2, 0) is 4.79 Å². The third-order valence-corrected chi connectivity index (χ3v) is 3.24. The van der Waals surface area contributed by atoms with Crippen molar-refractivity contribution in [1.29, 1.82) is 0 Å². The molecular weight excluding hydrogens is 188 g/mol. The third kappa shape index (κ3) is 3.82. The molecule has 0 aliphatic heterocycles. The summed E-state index contributed by atoms with van der Waals surface area (Å²) in [6.45, 7) is 8.93. The summed E-state index contributed by atoms with van der Waals surface area (Å²) in [5.74, 6) is 1.41. The van der Waals surface area contributed by atoms with Crippen LogP contribution in [0.15, 0.2) is 0 Å². The fourth-order valence-corrected chi connectivity index (χ4v) is 1.60. The number of nitrogens with one attached hydrogen (secondary N) is 1. The molecular formula is C12H24N2O. The fraction of sp³-hybridized carbons (Fsp3) is 0.917. The van der Waals surface area contributed by atoms with Crippen molar-refractivity contribution in [2.45, 2.75) is 46.6 Å². The predicted octanol–water partition coefficient (Wildman–Crippen LogP) is 1.52. The second-order valence-electron chi connectivity index (χ2n) is 5.90. The van der Waals surface area contributed by atoms with Crippen molar-refractivity contribution in [3.63, 3.8) is 0 Å². The van der Waals surface area contributed by atoms with Gasteiger partial charge in [-0.05, 0) is 30.1 Å². The van der Waals surface area contributed by atoms with Crippen LogP contribution < -0.4 is 11.1 Å². The smallest absolute Gasteiger partial charge is 0.237 e. The molecule has 1 saturated carbocycles. The minimum Gasteiger partial charge on any atom is -0.354 e. The molecule has 0 heterocycles. The predicted molar refractivity (Wildman–Crippen MR) is 62.3 cm³/mol. The van der Waals surface area contributed by atoms with Crippen LogP contribution in [-0.4, -0.2) is 18.5 Å². The Kier molecular flexibility index (Phi) is 3.77. The van der Waals surface area contributed by atoms with Crippen molar-refractivity contribution in [2.24, 2.45) is 23.0 Å². The van der Waals surface area contributed by atoms with Gasteiger partial charge >= 0.3 is 0 Å². The topological polar surface area (TPSA) is 55.1 Å². The highest BCUT2D eigenvalue weighted by Crippen LogP contribution is 2.36. The van der Waals surface area contributed by atoms with Gasteiger partial charge in [0.15, 0.2) is 0 Å². The zero-order valence-corrected chi connectivity index (χ0v) is 10.3. The molecule has 1 unspecified atom stereocenters. The van der Waals surface area contributed by atoms with Gasteiger partial charge in [0.2, 0.25) is 5.91 Å². The van der Waals surface area contributed by atoms with E-state index >= 15 is 0 Å². The van der Waals surface area contributed by atoms with Gasteiger partial charge in [-0.25, -0.2) is 0 Å². The van der Waals surface area contributed by atoms with Crippen molar-refractivity contribution < 1.29 is 4.79 Å². The van der Waals surface area contributed by atoms with Crippen LogP contribution in [0.2, 0.25) is 0 Å². The van der Waals surface area contributed by atoms with E-state index in [1.165, 1.54) is 12.8 Å². The number of amides is 1. The van der Waals surface area contributed by atoms with Gasteiger partial charge in [0.1, 0.15) is 0 Å². The van der Waals surface area contributed by atoms with Crippen LogP contribution in [0, 0.1) is 17.3 Å². The minimum absolute atomic E-state index is 0.0185. The van der Waals surface area contributed by atoms with E-state index in [1.807, 2.05) is 20.8 Å². The lowest BCUT2D eigenvalue weighted by Gasteiger charge is -2.26. The zero-order chi connectivity index (χ0) is 11.6. The first-order chi connectivity index (χ1) is 6.82. The minimum atomic E-state index is -0.413. The maximum atomic E-state index is 11.7. The average Bonchev–Trinajstić information content (AvgIpc) is 2.93. The van der Waals surface area contributed by atoms with Crippen LogP contribution in [0.1, 0.15) is 40.5 Å². The average molecular weight is 212 g/mol. The Labute approximate surface area is 92.8 Å². The molecule has 1 rings (SSSR count). The quantitative estimate of drug-likeness (QED) is 0.742. The van der Waals surface area contributed by atoms with Gasteiger partial charge in [0.25, 0.3) is 0 Å². The molecule has 0 aromatic carbocycles. The standard InChI is InChI=1S/C12H24N2O/c1-8(9-5-6-9)7-14-11(15)10(13)12(2,3)4/h8-10H,5-7,13H2,1-4H3,(H,14,15)/t8?,10-/m1/s1. The van der Waals surface area contributed by atoms with Crippen molar-refractivity contribution in [1.82, 2.24) is 5.32 Å². The lowest BCUT2D eigenvalue weighted by Crippen LogP contribution is -2.49. The monoisotopic (exact) mass is 212 g/mol. The van der Waals surface area contributed by atoms with Gasteiger partial charge in [-0.2, -0.15) is 0 Å². The van der Waals surface area contributed by atoms with Gasteiger partial charge in [0, 0.05) is 6.54 Å². The van der Waals surface area contributed by atoms with Gasteiger partial charge in [-0.15, -0.1) is 0 Å². The second kappa shape index (κ2) is 4.52. The Morgan fingerprint density at radius 2 is 2.00 bits per heavy atom. The van der Waals surface area contributed by atoms with E-state index in [0.29, 0.717) is 5.92 Å². The molecule has 0 saturated heterocycles. The van der Waals surface area contributed by atoms with E-state index in [2.05, 4.69) is 12.2 Å². The number of hydrogen-bond acceptors (Lipinski definition) is 2. The summed E-state index contributed by atoms with van der Waals surface area (Å²) in [6.07, 6.45) is 2.64. The highest BCUT2D eigenvalue weighted by Gasteiger charge is 2.30. The summed E-state index contributed by atoms with van der Waals surface area (Å²) < 4.78 is 0. The van der Waals surface area contributed by atoms with E-state index in [4.69, 9.17) is 5.73 Å². The van der Waals surface area contributed by atoms with E-state index < -0.39 is 6.04 Å². The maximum absolute atomic E-state index is 11.7. The first kappa shape index (κ1) is 12.5. The van der Waals surface area contributed by atoms with Crippen LogP contribution in [0.25, 0.3) is 0 Å². The Hall–Kier alpha value is -0.570. The van der Waals surface area contributed by atoms with Gasteiger partial charge in [-0.1, -0.05) is 27.7 Å². The lowest BCUT2D eigenvalue weighted by atomic mass is 9.87. The molecule has 15 heavy (non-hydrogen) atoms. The van der Waals surface area contributed by atoms with Crippen LogP contribution in [0.5, 0.6) is 0 Å². The van der Waals surface area contributed by atoms with Crippen LogP contribution in [0.3, 0.4) is 0 Å². The maximum Gasteiger partial charge on any atom is 0.237 e. The molecule has 0 aromatic rings. The lowest BCUT2D eigenvalue weighted by molar-refractivity contribution is -0.124. The highest BCUT2D eigenvalue weighted by atomic mass is 16.2. The summed E-state index contributed by atoms with van der Waals surface area (Å²) in [4.78, 5) is 11.7. The van der Waals surface area contributed by atoms with Crippen LogP contribution in [0.4, 0.5) is 0 Å². The summed E-state index contributed by atoms with van der Waals surface area (Å²) >= 11 is 0. The number of carbonyl (C=O) groups excluding carboxylic acids is 1. The largest absolute Gasteiger partial charge is 0.354 e. The van der Waals surface area contributed by atoms with E-state index in [1.54, 1.807) is 0 Å². The highest BCUT2D eigenvalue weighted by molar-refractivity contribution is 5.82. The molecule has 1 aliphatic carbocycles. The Morgan fingerprint density at radius 1 is 1.47 bits per heavy atom. The summed E-state index contributed by atoms with van der Waals surface area (Å²) in [6, 6.07) is -0.413. The molecule has 0 bridgehead atoms. The van der Waals surface area contributed by atoms with Crippen molar-refractivity contribution in [2.75, 3.05) is 6.54 Å². The number of carbonyl (C=O) groups is 1. The first-order valence-corrected chi connectivity index (χ1v) is 5.85. The molecule has 1 fully saturated rings. The summed E-state index contributed by atoms with van der Waals surface area (Å²) in [5, 5.41) is 2.95. The Morgan fingerprint density at radius 3 is 2.40 bits per heavy atom. The van der Waals surface area contributed by atoms with E-state index in [-0.39, 0.29) is 11.3 Å². The van der Waals surface area contributed by atoms with Gasteiger partial charge in [0.05, 0.1) is 6.04 Å². The molecule has 1 amide bonds. The number of rotatable bonds is 4. The Bertz CT molecular complexity index is 228. The van der Waals surface area contributed by atoms with Crippen molar-refractivity contribution in [3.8, 4) is 0 Å². The number of hydrogen-bond donors (Lipinski definition) is 2. The molecule has 3 nitrogen and oxygen atoms in total. The van der Waals surface area contributed by atoms with Crippen LogP contribution >= 0.6 is 0 Å². The SMILES string of the molecule is CC(CNC(=O)[C@@H](N)C(C)(C)C)C1CC1. The molecule has 3 heteroatoms. The van der Waals surface area contributed by atoms with E-state index in [9.17, 15) is 4.79 Å². The van der Waals surface area contributed by atoms with Crippen molar-refractivity contribution in [3.05, 3.63) is 0 Å². The van der Waals surface area contributed by atoms with Gasteiger partial charge < -0.3 is 11.1 Å². The summed E-state index contributed by atoms with van der Waals surface area (Å²) in [5.41, 5.74) is 5.70. The molecule has 3 N–H and O–H groups in total. The molecule has 0 radical (unpaired) electrons. The third-order valence-electron chi connectivity index (χ3n) is 3.24.